The number of fused-ring (bicyclic) bond motifs is 6. The minimum absolute atomic E-state index is 0.0142. The predicted octanol–water partition coefficient (Wildman–Crippen LogP) is 4.41. The Morgan fingerprint density at radius 1 is 0.294 bits per heavy atom. The van der Waals surface area contributed by atoms with E-state index in [9.17, 15) is 28.8 Å². The second-order valence-electron chi connectivity index (χ2n) is 26.4. The largest absolute Gasteiger partial charge is 0.465 e. The van der Waals surface area contributed by atoms with Crippen molar-refractivity contribution >= 4 is 35.8 Å². The van der Waals surface area contributed by atoms with Crippen molar-refractivity contribution in [3.05, 3.63) is 0 Å². The molecule has 0 spiro atoms. The quantitative estimate of drug-likeness (QED) is 0.0749. The molecule has 0 bridgehead atoms. The topological polar surface area (TPSA) is 288 Å². The van der Waals surface area contributed by atoms with Crippen molar-refractivity contribution in [2.75, 3.05) is 59.5 Å². The highest BCUT2D eigenvalue weighted by Crippen LogP contribution is 2.46. The second kappa shape index (κ2) is 27.6. The monoisotopic (exact) mass is 1200 g/mol. The second-order valence-corrected chi connectivity index (χ2v) is 26.4. The SMILES string of the molecule is O=C(CCC(=O)OC1COC(C2CCC3OC3C2)OC1)OCC1CCC2OC2C1.O=C(CCC(=O)OCC1COC(C2CCC3OC3C2)O1)OCC1CCC2OC2C1.O=C(OCC1CCC2OC2C1)C(=O)OC1COC(C2CCC3OC3C2)OC1. The minimum atomic E-state index is -0.978. The first-order chi connectivity index (χ1) is 41.4. The van der Waals surface area contributed by atoms with Gasteiger partial charge in [-0.25, -0.2) is 9.59 Å². The van der Waals surface area contributed by atoms with Gasteiger partial charge in [-0.15, -0.1) is 0 Å². The number of rotatable bonds is 19. The Labute approximate surface area is 495 Å². The Morgan fingerprint density at radius 3 is 1.05 bits per heavy atom. The summed E-state index contributed by atoms with van der Waals surface area (Å²) >= 11 is 0. The van der Waals surface area contributed by atoms with Crippen molar-refractivity contribution in [1.82, 2.24) is 0 Å². The van der Waals surface area contributed by atoms with E-state index >= 15 is 0 Å². The van der Waals surface area contributed by atoms with Gasteiger partial charge in [0.1, 0.15) is 24.9 Å². The van der Waals surface area contributed by atoms with Crippen LogP contribution in [0.3, 0.4) is 0 Å². The smallest absolute Gasteiger partial charge is 0.417 e. The van der Waals surface area contributed by atoms with Gasteiger partial charge in [0.25, 0.3) is 0 Å². The predicted molar refractivity (Wildman–Crippen MR) is 284 cm³/mol. The number of carbonyl (C=O) groups is 6. The normalized spacial score (nSPS) is 43.5. The third kappa shape index (κ3) is 17.2. The van der Waals surface area contributed by atoms with Crippen LogP contribution in [0.2, 0.25) is 0 Å². The summed E-state index contributed by atoms with van der Waals surface area (Å²) in [4.78, 5) is 71.6. The van der Waals surface area contributed by atoms with Gasteiger partial charge in [-0.05, 0) is 133 Å². The van der Waals surface area contributed by atoms with Gasteiger partial charge in [0.15, 0.2) is 18.9 Å². The maximum Gasteiger partial charge on any atom is 0.417 e. The lowest BCUT2D eigenvalue weighted by Gasteiger charge is -2.34. The van der Waals surface area contributed by atoms with E-state index in [0.717, 1.165) is 116 Å². The Bertz CT molecular complexity index is 2300. The van der Waals surface area contributed by atoms with Crippen LogP contribution in [0, 0.1) is 35.5 Å². The summed E-state index contributed by atoms with van der Waals surface area (Å²) in [7, 11) is 0. The summed E-state index contributed by atoms with van der Waals surface area (Å²) in [6.07, 6.45) is 21.2. The van der Waals surface area contributed by atoms with Gasteiger partial charge >= 0.3 is 35.8 Å². The van der Waals surface area contributed by atoms with E-state index in [4.69, 9.17) is 85.3 Å². The molecule has 0 aromatic heterocycles. The lowest BCUT2D eigenvalue weighted by molar-refractivity contribution is -0.246. The molecule has 85 heavy (non-hydrogen) atoms. The van der Waals surface area contributed by atoms with Crippen molar-refractivity contribution in [1.29, 1.82) is 0 Å². The fourth-order valence-corrected chi connectivity index (χ4v) is 14.4. The van der Waals surface area contributed by atoms with Gasteiger partial charge in [-0.1, -0.05) is 0 Å². The lowest BCUT2D eigenvalue weighted by Crippen LogP contribution is -2.43. The maximum atomic E-state index is 12.0. The van der Waals surface area contributed by atoms with E-state index in [-0.39, 0.29) is 94.9 Å². The highest BCUT2D eigenvalue weighted by atomic mass is 16.7. The maximum absolute atomic E-state index is 12.0. The zero-order valence-electron chi connectivity index (χ0n) is 48.6. The first-order valence-electron chi connectivity index (χ1n) is 32.1. The van der Waals surface area contributed by atoms with Crippen LogP contribution in [0.1, 0.15) is 141 Å². The first-order valence-corrected chi connectivity index (χ1v) is 32.1. The average molecular weight is 1200 g/mol. The van der Waals surface area contributed by atoms with Gasteiger partial charge in [0.2, 0.25) is 0 Å². The van der Waals surface area contributed by atoms with Crippen LogP contribution in [0.15, 0.2) is 0 Å². The number of carbonyl (C=O) groups excluding carboxylic acids is 6. The molecule has 0 amide bonds. The molecule has 20 atom stereocenters. The van der Waals surface area contributed by atoms with Gasteiger partial charge in [0, 0.05) is 17.8 Å². The van der Waals surface area contributed by atoms with Crippen molar-refractivity contribution in [3.8, 4) is 0 Å². The van der Waals surface area contributed by atoms with E-state index in [1.807, 2.05) is 0 Å². The summed E-state index contributed by atoms with van der Waals surface area (Å²) in [5, 5.41) is 0. The van der Waals surface area contributed by atoms with Crippen molar-refractivity contribution in [2.45, 2.75) is 252 Å². The molecule has 0 radical (unpaired) electrons. The summed E-state index contributed by atoms with van der Waals surface area (Å²) in [5.41, 5.74) is 0. The summed E-state index contributed by atoms with van der Waals surface area (Å²) in [6, 6.07) is 0. The summed E-state index contributed by atoms with van der Waals surface area (Å²) in [5.74, 6) is -1.40. The number of hydrogen-bond acceptors (Lipinski definition) is 24. The molecule has 0 N–H and O–H groups in total. The number of hydrogen-bond donors (Lipinski definition) is 0. The van der Waals surface area contributed by atoms with E-state index < -0.39 is 36.1 Å². The van der Waals surface area contributed by atoms with Crippen LogP contribution in [-0.4, -0.2) is 206 Å². The summed E-state index contributed by atoms with van der Waals surface area (Å²) in [6.45, 7) is 2.80. The Balaban J connectivity index is 0.000000119. The van der Waals surface area contributed by atoms with Gasteiger partial charge in [0.05, 0.1) is 152 Å². The number of esters is 6. The third-order valence-electron chi connectivity index (χ3n) is 19.8. The van der Waals surface area contributed by atoms with E-state index in [1.165, 1.54) is 0 Å². The molecule has 6 aliphatic carbocycles. The van der Waals surface area contributed by atoms with Crippen molar-refractivity contribution in [2.24, 2.45) is 35.5 Å². The Morgan fingerprint density at radius 2 is 0.635 bits per heavy atom. The van der Waals surface area contributed by atoms with Gasteiger partial charge in [-0.3, -0.25) is 19.2 Å². The highest BCUT2D eigenvalue weighted by molar-refractivity contribution is 6.29. The zero-order valence-corrected chi connectivity index (χ0v) is 48.6. The Kier molecular flexibility index (Phi) is 19.6. The van der Waals surface area contributed by atoms with E-state index in [2.05, 4.69) is 0 Å². The summed E-state index contributed by atoms with van der Waals surface area (Å²) < 4.78 is 99.3. The van der Waals surface area contributed by atoms with Gasteiger partial charge in [-0.2, -0.15) is 0 Å². The molecule has 24 heteroatoms. The Hall–Kier alpha value is -3.66. The molecule has 9 heterocycles. The van der Waals surface area contributed by atoms with E-state index in [0.29, 0.717) is 136 Å². The molecular weight excluding hydrogens is 1120 g/mol. The van der Waals surface area contributed by atoms with Crippen LogP contribution in [-0.2, 0) is 114 Å². The zero-order chi connectivity index (χ0) is 58.0. The highest BCUT2D eigenvalue weighted by Gasteiger charge is 2.51. The van der Waals surface area contributed by atoms with Crippen LogP contribution in [0.5, 0.6) is 0 Å². The molecule has 15 aliphatic rings. The third-order valence-corrected chi connectivity index (χ3v) is 19.8. The van der Waals surface area contributed by atoms with Crippen LogP contribution in [0.4, 0.5) is 0 Å². The van der Waals surface area contributed by atoms with Crippen LogP contribution >= 0.6 is 0 Å². The number of epoxide rings is 6. The molecular formula is C61H86O24. The first kappa shape index (κ1) is 60.3. The van der Waals surface area contributed by atoms with Gasteiger partial charge < -0.3 is 85.3 Å². The minimum Gasteiger partial charge on any atom is -0.465 e. The molecule has 15 fully saturated rings. The molecule has 9 aliphatic heterocycles. The molecule has 474 valence electrons. The van der Waals surface area contributed by atoms with Crippen LogP contribution < -0.4 is 0 Å². The molecule has 15 rings (SSSR count). The van der Waals surface area contributed by atoms with Crippen molar-refractivity contribution in [3.63, 3.8) is 0 Å². The molecule has 9 saturated heterocycles. The number of ether oxygens (including phenoxy) is 18. The fraction of sp³-hybridized carbons (Fsp3) is 0.902. The molecule has 24 nitrogen and oxygen atoms in total. The van der Waals surface area contributed by atoms with Crippen molar-refractivity contribution < 1.29 is 114 Å². The lowest BCUT2D eigenvalue weighted by atomic mass is 9.88. The van der Waals surface area contributed by atoms with E-state index in [1.54, 1.807) is 0 Å². The van der Waals surface area contributed by atoms with Crippen LogP contribution in [0.25, 0.3) is 0 Å². The average Bonchev–Trinajstić information content (AvgIpc) is 3.95. The molecule has 6 saturated carbocycles. The fourth-order valence-electron chi connectivity index (χ4n) is 14.4. The standard InChI is InChI=1S/2C21H30O8.C19H26O8/c22-19(24-9-12-1-3-15-17(7-12)28-15)5-6-20(23)27-14-10-25-21(26-11-14)13-2-4-16-18(8-13)29-16;22-19(24-9-12-1-3-15-17(7-12)28-15)5-6-20(23)25-10-14-11-26-21(27-14)13-2-4-16-18(8-13)29-16;20-17(22-7-10-1-3-13-15(5-10)26-13)18(21)25-12-8-23-19(24-9-12)11-2-4-14-16(6-11)27-14/h2*12-18,21H,1-11H2;10-16,19H,1-9H2. The molecule has 20 unspecified atom stereocenters. The molecule has 0 aromatic rings. The molecule has 0 aromatic carbocycles.